The molecule has 0 atom stereocenters. The van der Waals surface area contributed by atoms with E-state index in [9.17, 15) is 4.79 Å². The molecule has 2 rings (SSSR count). The number of anilines is 1. The van der Waals surface area contributed by atoms with Crippen molar-refractivity contribution in [3.63, 3.8) is 0 Å². The molecule has 1 amide bonds. The van der Waals surface area contributed by atoms with Crippen LogP contribution >= 0.6 is 0 Å². The molecule has 0 aliphatic heterocycles. The third-order valence-corrected chi connectivity index (χ3v) is 1.64. The van der Waals surface area contributed by atoms with Gasteiger partial charge in [0.2, 0.25) is 5.91 Å². The van der Waals surface area contributed by atoms with Gasteiger partial charge in [-0.3, -0.25) is 9.78 Å². The van der Waals surface area contributed by atoms with E-state index in [1.54, 1.807) is 18.7 Å². The molecule has 0 radical (unpaired) electrons. The smallest absolute Gasteiger partial charge is 0.221 e. The Balaban J connectivity index is 2.54. The zero-order valence-electron chi connectivity index (χ0n) is 7.03. The summed E-state index contributed by atoms with van der Waals surface area (Å²) >= 11 is 0. The van der Waals surface area contributed by atoms with Crippen LogP contribution in [0.4, 0.5) is 5.69 Å². The minimum Gasteiger partial charge on any atom is -0.343 e. The molecular formula is C8H8N4O. The van der Waals surface area contributed by atoms with Crippen molar-refractivity contribution in [2.75, 3.05) is 5.32 Å². The highest BCUT2D eigenvalue weighted by Crippen LogP contribution is 2.17. The number of fused-ring (bicyclic) bond motifs is 1. The number of rotatable bonds is 1. The van der Waals surface area contributed by atoms with Crippen LogP contribution in [0.5, 0.6) is 0 Å². The highest BCUT2D eigenvalue weighted by atomic mass is 16.1. The molecule has 2 heterocycles. The van der Waals surface area contributed by atoms with Crippen LogP contribution in [-0.2, 0) is 4.79 Å². The molecule has 0 bridgehead atoms. The van der Waals surface area contributed by atoms with Crippen molar-refractivity contribution in [1.29, 1.82) is 0 Å². The topological polar surface area (TPSA) is 70.7 Å². The largest absolute Gasteiger partial charge is 0.343 e. The monoisotopic (exact) mass is 176 g/mol. The number of carbonyl (C=O) groups excluding carboxylic acids is 1. The number of hydrogen-bond donors (Lipinski definition) is 2. The minimum absolute atomic E-state index is 0.127. The fourth-order valence-electron chi connectivity index (χ4n) is 1.15. The molecule has 5 heteroatoms. The lowest BCUT2D eigenvalue weighted by Crippen LogP contribution is -2.06. The van der Waals surface area contributed by atoms with Gasteiger partial charge < -0.3 is 10.3 Å². The summed E-state index contributed by atoms with van der Waals surface area (Å²) in [4.78, 5) is 21.7. The van der Waals surface area contributed by atoms with Crippen molar-refractivity contribution in [3.8, 4) is 0 Å². The van der Waals surface area contributed by atoms with E-state index in [-0.39, 0.29) is 5.91 Å². The second-order valence-corrected chi connectivity index (χ2v) is 2.67. The van der Waals surface area contributed by atoms with Gasteiger partial charge in [0.25, 0.3) is 0 Å². The molecule has 0 aromatic carbocycles. The van der Waals surface area contributed by atoms with Gasteiger partial charge in [-0.05, 0) is 0 Å². The van der Waals surface area contributed by atoms with E-state index in [0.29, 0.717) is 5.69 Å². The molecule has 2 aromatic rings. The summed E-state index contributed by atoms with van der Waals surface area (Å²) in [6, 6.07) is 0. The van der Waals surface area contributed by atoms with E-state index in [0.717, 1.165) is 11.0 Å². The van der Waals surface area contributed by atoms with Gasteiger partial charge in [-0.25, -0.2) is 4.98 Å². The summed E-state index contributed by atoms with van der Waals surface area (Å²) in [5.41, 5.74) is 2.17. The minimum atomic E-state index is -0.127. The van der Waals surface area contributed by atoms with Crippen LogP contribution in [0.2, 0.25) is 0 Å². The van der Waals surface area contributed by atoms with E-state index in [2.05, 4.69) is 20.3 Å². The van der Waals surface area contributed by atoms with Crippen LogP contribution in [0.1, 0.15) is 6.92 Å². The van der Waals surface area contributed by atoms with Gasteiger partial charge in [-0.1, -0.05) is 0 Å². The van der Waals surface area contributed by atoms with Gasteiger partial charge in [0, 0.05) is 6.92 Å². The fourth-order valence-corrected chi connectivity index (χ4v) is 1.15. The molecular weight excluding hydrogens is 168 g/mol. The predicted octanol–water partition coefficient (Wildman–Crippen LogP) is 0.916. The number of amides is 1. The Morgan fingerprint density at radius 2 is 2.38 bits per heavy atom. The van der Waals surface area contributed by atoms with Gasteiger partial charge in [0.15, 0.2) is 0 Å². The van der Waals surface area contributed by atoms with Gasteiger partial charge in [0.1, 0.15) is 5.52 Å². The Hall–Kier alpha value is -1.91. The standard InChI is InChI=1S/C8H8N4O/c1-5(13)12-7-3-9-2-6-8(7)11-4-10-6/h2-4H,1H3,(H,10,11)(H,12,13). The molecule has 2 N–H and O–H groups in total. The number of hydrogen-bond acceptors (Lipinski definition) is 3. The first-order valence-electron chi connectivity index (χ1n) is 3.82. The summed E-state index contributed by atoms with van der Waals surface area (Å²) in [6.45, 7) is 1.45. The number of nitrogens with one attached hydrogen (secondary N) is 2. The number of aromatic nitrogens is 3. The lowest BCUT2D eigenvalue weighted by molar-refractivity contribution is -0.114. The van der Waals surface area contributed by atoms with Crippen molar-refractivity contribution in [1.82, 2.24) is 15.0 Å². The Labute approximate surface area is 74.2 Å². The molecule has 0 unspecified atom stereocenters. The van der Waals surface area contributed by atoms with Crippen molar-refractivity contribution >= 4 is 22.6 Å². The molecule has 0 aliphatic rings. The SMILES string of the molecule is CC(=O)Nc1cncc2[nH]cnc12. The third kappa shape index (κ3) is 1.35. The van der Waals surface area contributed by atoms with Crippen LogP contribution in [0.3, 0.4) is 0 Å². The molecule has 0 aliphatic carbocycles. The van der Waals surface area contributed by atoms with E-state index in [1.807, 2.05) is 0 Å². The van der Waals surface area contributed by atoms with Crippen LogP contribution in [0.15, 0.2) is 18.7 Å². The second kappa shape index (κ2) is 2.85. The maximum absolute atomic E-state index is 10.8. The normalized spacial score (nSPS) is 10.2. The molecule has 13 heavy (non-hydrogen) atoms. The Bertz CT molecular complexity index is 448. The Kier molecular flexibility index (Phi) is 1.70. The number of aromatic amines is 1. The number of H-pyrrole nitrogens is 1. The van der Waals surface area contributed by atoms with E-state index >= 15 is 0 Å². The van der Waals surface area contributed by atoms with E-state index < -0.39 is 0 Å². The van der Waals surface area contributed by atoms with Crippen molar-refractivity contribution in [3.05, 3.63) is 18.7 Å². The molecule has 0 saturated carbocycles. The number of nitrogens with zero attached hydrogens (tertiary/aromatic N) is 2. The summed E-state index contributed by atoms with van der Waals surface area (Å²) in [7, 11) is 0. The third-order valence-electron chi connectivity index (χ3n) is 1.64. The van der Waals surface area contributed by atoms with Crippen LogP contribution in [0, 0.1) is 0 Å². The molecule has 0 saturated heterocycles. The zero-order valence-corrected chi connectivity index (χ0v) is 7.03. The quantitative estimate of drug-likeness (QED) is 0.678. The van der Waals surface area contributed by atoms with Crippen LogP contribution in [-0.4, -0.2) is 20.9 Å². The predicted molar refractivity (Wildman–Crippen MR) is 48.2 cm³/mol. The lowest BCUT2D eigenvalue weighted by Gasteiger charge is -2.00. The van der Waals surface area contributed by atoms with Crippen molar-refractivity contribution in [2.45, 2.75) is 6.92 Å². The van der Waals surface area contributed by atoms with E-state index in [1.165, 1.54) is 6.92 Å². The maximum atomic E-state index is 10.8. The van der Waals surface area contributed by atoms with Crippen molar-refractivity contribution in [2.24, 2.45) is 0 Å². The van der Waals surface area contributed by atoms with Gasteiger partial charge in [0.05, 0.1) is 29.9 Å². The summed E-state index contributed by atoms with van der Waals surface area (Å²) in [5, 5.41) is 2.65. The lowest BCUT2D eigenvalue weighted by atomic mass is 10.3. The zero-order chi connectivity index (χ0) is 9.26. The van der Waals surface area contributed by atoms with Gasteiger partial charge in [-0.15, -0.1) is 0 Å². The molecule has 2 aromatic heterocycles. The van der Waals surface area contributed by atoms with E-state index in [4.69, 9.17) is 0 Å². The molecule has 66 valence electrons. The molecule has 0 spiro atoms. The van der Waals surface area contributed by atoms with Crippen LogP contribution in [0.25, 0.3) is 11.0 Å². The fraction of sp³-hybridized carbons (Fsp3) is 0.125. The average Bonchev–Trinajstić information content (AvgIpc) is 2.51. The summed E-state index contributed by atoms with van der Waals surface area (Å²) in [5.74, 6) is -0.127. The number of carbonyl (C=O) groups is 1. The summed E-state index contributed by atoms with van der Waals surface area (Å²) in [6.07, 6.45) is 4.80. The molecule has 0 fully saturated rings. The van der Waals surface area contributed by atoms with Crippen molar-refractivity contribution < 1.29 is 4.79 Å². The Morgan fingerprint density at radius 1 is 1.54 bits per heavy atom. The molecule has 5 nitrogen and oxygen atoms in total. The number of pyridine rings is 1. The first kappa shape index (κ1) is 7.72. The highest BCUT2D eigenvalue weighted by molar-refractivity contribution is 5.97. The van der Waals surface area contributed by atoms with Gasteiger partial charge >= 0.3 is 0 Å². The number of imidazole rings is 1. The van der Waals surface area contributed by atoms with Crippen LogP contribution < -0.4 is 5.32 Å². The van der Waals surface area contributed by atoms with Gasteiger partial charge in [-0.2, -0.15) is 0 Å². The highest BCUT2D eigenvalue weighted by Gasteiger charge is 2.03. The Morgan fingerprint density at radius 3 is 3.15 bits per heavy atom. The first-order chi connectivity index (χ1) is 6.27. The second-order valence-electron chi connectivity index (χ2n) is 2.67. The maximum Gasteiger partial charge on any atom is 0.221 e. The average molecular weight is 176 g/mol. The summed E-state index contributed by atoms with van der Waals surface area (Å²) < 4.78 is 0. The first-order valence-corrected chi connectivity index (χ1v) is 3.82.